The summed E-state index contributed by atoms with van der Waals surface area (Å²) in [5, 5.41) is 3.26. The van der Waals surface area contributed by atoms with Gasteiger partial charge in [-0.3, -0.25) is 0 Å². The van der Waals surface area contributed by atoms with Crippen LogP contribution >= 0.6 is 12.2 Å². The lowest BCUT2D eigenvalue weighted by Gasteiger charge is -2.10. The van der Waals surface area contributed by atoms with Crippen LogP contribution in [0.25, 0.3) is 0 Å². The van der Waals surface area contributed by atoms with Crippen LogP contribution in [0.15, 0.2) is 48.5 Å². The van der Waals surface area contributed by atoms with Gasteiger partial charge in [0.05, 0.1) is 0 Å². The van der Waals surface area contributed by atoms with Gasteiger partial charge in [0.25, 0.3) is 5.17 Å². The first-order valence-corrected chi connectivity index (χ1v) is 7.65. The van der Waals surface area contributed by atoms with Crippen molar-refractivity contribution in [2.45, 2.75) is 6.92 Å². The summed E-state index contributed by atoms with van der Waals surface area (Å²) < 4.78 is 29.4. The largest absolute Gasteiger partial charge is 0.490 e. The summed E-state index contributed by atoms with van der Waals surface area (Å²) >= 11 is 4.94. The Hall–Kier alpha value is -2.34. The van der Waals surface area contributed by atoms with Crippen LogP contribution in [0.5, 0.6) is 17.2 Å². The number of ether oxygens (including phenoxy) is 3. The first kappa shape index (κ1) is 17.0. The fourth-order valence-corrected chi connectivity index (χ4v) is 1.99. The monoisotopic (exact) mass is 335 g/mol. The van der Waals surface area contributed by atoms with E-state index in [0.717, 1.165) is 6.54 Å². The van der Waals surface area contributed by atoms with E-state index in [4.69, 9.17) is 26.4 Å². The smallest absolute Gasteiger partial charge is 0.256 e. The van der Waals surface area contributed by atoms with Gasteiger partial charge in [0, 0.05) is 12.6 Å². The zero-order valence-electron chi connectivity index (χ0n) is 12.8. The average molecular weight is 335 g/mol. The summed E-state index contributed by atoms with van der Waals surface area (Å²) in [6.45, 7) is 3.43. The van der Waals surface area contributed by atoms with Crippen molar-refractivity contribution in [3.05, 3.63) is 54.3 Å². The van der Waals surface area contributed by atoms with Crippen molar-refractivity contribution in [1.29, 1.82) is 0 Å². The molecule has 0 amide bonds. The van der Waals surface area contributed by atoms with E-state index in [1.165, 1.54) is 12.1 Å². The molecule has 0 heterocycles. The summed E-state index contributed by atoms with van der Waals surface area (Å²) in [7, 11) is 0. The van der Waals surface area contributed by atoms with E-state index in [0.29, 0.717) is 35.6 Å². The average Bonchev–Trinajstić information content (AvgIpc) is 2.53. The predicted molar refractivity (Wildman–Crippen MR) is 90.6 cm³/mol. The van der Waals surface area contributed by atoms with Crippen LogP contribution in [0.2, 0.25) is 0 Å². The first-order chi connectivity index (χ1) is 11.2. The van der Waals surface area contributed by atoms with Gasteiger partial charge < -0.3 is 19.5 Å². The standard InChI is InChI=1S/C17H18FNO3S/c1-2-19-17(23)21-11-10-20-14-6-8-15(9-7-14)22-16-5-3-4-13(18)12-16/h3-9,12H,2,10-11H2,1H3,(H,19,23). The Kier molecular flexibility index (Phi) is 6.62. The Bertz CT molecular complexity index is 634. The molecule has 122 valence electrons. The molecule has 1 N–H and O–H groups in total. The quantitative estimate of drug-likeness (QED) is 0.614. The summed E-state index contributed by atoms with van der Waals surface area (Å²) in [6.07, 6.45) is 0. The number of thiocarbonyl (C=S) groups is 1. The van der Waals surface area contributed by atoms with Crippen molar-refractivity contribution in [3.8, 4) is 17.2 Å². The normalized spacial score (nSPS) is 10.0. The second-order valence-corrected chi connectivity index (χ2v) is 4.92. The van der Waals surface area contributed by atoms with Crippen LogP contribution in [0.3, 0.4) is 0 Å². The molecule has 0 saturated heterocycles. The summed E-state index contributed by atoms with van der Waals surface area (Å²) in [4.78, 5) is 0. The molecule has 23 heavy (non-hydrogen) atoms. The highest BCUT2D eigenvalue weighted by Crippen LogP contribution is 2.24. The number of rotatable bonds is 7. The molecule has 0 bridgehead atoms. The Morgan fingerprint density at radius 3 is 2.48 bits per heavy atom. The SMILES string of the molecule is CCNC(=S)OCCOc1ccc(Oc2cccc(F)c2)cc1. The number of hydrogen-bond donors (Lipinski definition) is 1. The van der Waals surface area contributed by atoms with E-state index in [-0.39, 0.29) is 5.82 Å². The number of benzene rings is 2. The highest BCUT2D eigenvalue weighted by atomic mass is 32.1. The third-order valence-corrected chi connectivity index (χ3v) is 3.02. The minimum atomic E-state index is -0.335. The molecular formula is C17H18FNO3S. The maximum Gasteiger partial charge on any atom is 0.256 e. The van der Waals surface area contributed by atoms with Crippen molar-refractivity contribution in [2.75, 3.05) is 19.8 Å². The second-order valence-electron chi connectivity index (χ2n) is 4.55. The molecule has 4 nitrogen and oxygen atoms in total. The molecule has 6 heteroatoms. The molecule has 0 aromatic heterocycles. The van der Waals surface area contributed by atoms with E-state index < -0.39 is 0 Å². The van der Waals surface area contributed by atoms with Crippen molar-refractivity contribution in [3.63, 3.8) is 0 Å². The second kappa shape index (κ2) is 8.95. The van der Waals surface area contributed by atoms with E-state index in [1.807, 2.05) is 6.92 Å². The molecule has 0 saturated carbocycles. The zero-order chi connectivity index (χ0) is 16.5. The molecule has 2 aromatic carbocycles. The molecular weight excluding hydrogens is 317 g/mol. The minimum absolute atomic E-state index is 0.335. The van der Waals surface area contributed by atoms with Crippen molar-refractivity contribution < 1.29 is 18.6 Å². The first-order valence-electron chi connectivity index (χ1n) is 7.24. The van der Waals surface area contributed by atoms with Crippen molar-refractivity contribution >= 4 is 17.4 Å². The topological polar surface area (TPSA) is 39.7 Å². The number of halogens is 1. The van der Waals surface area contributed by atoms with E-state index in [9.17, 15) is 4.39 Å². The lowest BCUT2D eigenvalue weighted by Crippen LogP contribution is -2.25. The minimum Gasteiger partial charge on any atom is -0.490 e. The fourth-order valence-electron chi connectivity index (χ4n) is 1.76. The van der Waals surface area contributed by atoms with Gasteiger partial charge in [0.1, 0.15) is 36.3 Å². The van der Waals surface area contributed by atoms with Gasteiger partial charge in [-0.15, -0.1) is 0 Å². The van der Waals surface area contributed by atoms with Gasteiger partial charge in [0.15, 0.2) is 0 Å². The molecule has 0 fully saturated rings. The van der Waals surface area contributed by atoms with Gasteiger partial charge in [-0.1, -0.05) is 6.07 Å². The van der Waals surface area contributed by atoms with Crippen molar-refractivity contribution in [1.82, 2.24) is 5.32 Å². The molecule has 2 rings (SSSR count). The van der Waals surface area contributed by atoms with E-state index in [2.05, 4.69) is 5.32 Å². The van der Waals surface area contributed by atoms with Gasteiger partial charge in [-0.25, -0.2) is 4.39 Å². The van der Waals surface area contributed by atoms with E-state index >= 15 is 0 Å². The molecule has 0 atom stereocenters. The van der Waals surface area contributed by atoms with Crippen LogP contribution in [-0.2, 0) is 4.74 Å². The Morgan fingerprint density at radius 1 is 1.04 bits per heavy atom. The maximum atomic E-state index is 13.1. The van der Waals surface area contributed by atoms with Crippen LogP contribution in [0.4, 0.5) is 4.39 Å². The van der Waals surface area contributed by atoms with Gasteiger partial charge in [0.2, 0.25) is 0 Å². The third-order valence-electron chi connectivity index (χ3n) is 2.76. The van der Waals surface area contributed by atoms with Gasteiger partial charge >= 0.3 is 0 Å². The molecule has 0 aliphatic heterocycles. The van der Waals surface area contributed by atoms with Gasteiger partial charge in [-0.05, 0) is 55.5 Å². The molecule has 2 aromatic rings. The van der Waals surface area contributed by atoms with Gasteiger partial charge in [-0.2, -0.15) is 0 Å². The van der Waals surface area contributed by atoms with Crippen LogP contribution < -0.4 is 14.8 Å². The Morgan fingerprint density at radius 2 is 1.78 bits per heavy atom. The molecule has 0 unspecified atom stereocenters. The van der Waals surface area contributed by atoms with Crippen molar-refractivity contribution in [2.24, 2.45) is 0 Å². The van der Waals surface area contributed by atoms with Crippen LogP contribution in [0.1, 0.15) is 6.92 Å². The van der Waals surface area contributed by atoms with E-state index in [1.54, 1.807) is 36.4 Å². The lowest BCUT2D eigenvalue weighted by molar-refractivity contribution is 0.207. The lowest BCUT2D eigenvalue weighted by atomic mass is 10.3. The number of hydrogen-bond acceptors (Lipinski definition) is 4. The summed E-state index contributed by atoms with van der Waals surface area (Å²) in [5.41, 5.74) is 0. The molecule has 0 aliphatic rings. The highest BCUT2D eigenvalue weighted by Gasteiger charge is 2.01. The summed E-state index contributed by atoms with van der Waals surface area (Å²) in [6, 6.07) is 13.0. The molecule has 0 radical (unpaired) electrons. The molecule has 0 spiro atoms. The van der Waals surface area contributed by atoms with Crippen LogP contribution in [0, 0.1) is 5.82 Å². The molecule has 0 aliphatic carbocycles. The zero-order valence-corrected chi connectivity index (χ0v) is 13.6. The Balaban J connectivity index is 1.77. The van der Waals surface area contributed by atoms with Crippen LogP contribution in [-0.4, -0.2) is 24.9 Å². The highest BCUT2D eigenvalue weighted by molar-refractivity contribution is 7.80. The number of nitrogens with one attached hydrogen (secondary N) is 1. The fraction of sp³-hybridized carbons (Fsp3) is 0.235. The summed E-state index contributed by atoms with van der Waals surface area (Å²) in [5.74, 6) is 1.41. The Labute approximate surface area is 140 Å². The third kappa shape index (κ3) is 6.12. The maximum absolute atomic E-state index is 13.1. The predicted octanol–water partition coefficient (Wildman–Crippen LogP) is 3.91.